The Kier molecular flexibility index (Phi) is 17.6. The van der Waals surface area contributed by atoms with Gasteiger partial charge in [-0.3, -0.25) is 4.79 Å². The highest BCUT2D eigenvalue weighted by molar-refractivity contribution is 5.70. The Morgan fingerprint density at radius 2 is 1.58 bits per heavy atom. The molecule has 31 heavy (non-hydrogen) atoms. The summed E-state index contributed by atoms with van der Waals surface area (Å²) in [6.45, 7) is 13.9. The fourth-order valence-electron chi connectivity index (χ4n) is 2.69. The standard InChI is InChI=1S/C21H33NO5.C2H6.CH4O/c1-15(2)18(19(23)24)12-11-17(22-20(25)27-21(3,4)5)14-26-13-16-9-7-6-8-10-16;2*1-2/h6-10,15,17-18H,11-14H2,1-5H3,(H,22,25)(H,23,24);1-2H3;2H,1H3/t17?,18-;;/m0../s1. The van der Waals surface area contributed by atoms with E-state index in [0.29, 0.717) is 26.1 Å². The topological polar surface area (TPSA) is 105 Å². The second-order valence-electron chi connectivity index (χ2n) is 8.11. The van der Waals surface area contributed by atoms with Crippen LogP contribution in [-0.2, 0) is 20.9 Å². The van der Waals surface area contributed by atoms with Gasteiger partial charge in [0.25, 0.3) is 0 Å². The van der Waals surface area contributed by atoms with E-state index in [4.69, 9.17) is 14.6 Å². The van der Waals surface area contributed by atoms with Crippen LogP contribution in [0.3, 0.4) is 0 Å². The molecule has 0 radical (unpaired) electrons. The van der Waals surface area contributed by atoms with E-state index in [1.54, 1.807) is 20.8 Å². The summed E-state index contributed by atoms with van der Waals surface area (Å²) in [6.07, 6.45) is 0.443. The molecule has 1 rings (SSSR count). The quantitative estimate of drug-likeness (QED) is 0.478. The van der Waals surface area contributed by atoms with Gasteiger partial charge in [-0.25, -0.2) is 4.79 Å². The first-order valence-electron chi connectivity index (χ1n) is 10.9. The zero-order chi connectivity index (χ0) is 24.4. The number of carboxylic acid groups (broad SMARTS) is 1. The summed E-state index contributed by atoms with van der Waals surface area (Å²) in [5, 5.41) is 19.2. The highest BCUT2D eigenvalue weighted by Crippen LogP contribution is 2.19. The molecule has 7 nitrogen and oxygen atoms in total. The fraction of sp³-hybridized carbons (Fsp3) is 0.667. The molecule has 1 aromatic carbocycles. The van der Waals surface area contributed by atoms with Gasteiger partial charge in [0.2, 0.25) is 0 Å². The van der Waals surface area contributed by atoms with Crippen LogP contribution in [0, 0.1) is 11.8 Å². The molecule has 1 aromatic rings. The number of hydrogen-bond acceptors (Lipinski definition) is 5. The van der Waals surface area contributed by atoms with Crippen LogP contribution in [0.25, 0.3) is 0 Å². The van der Waals surface area contributed by atoms with Crippen LogP contribution in [0.1, 0.15) is 66.9 Å². The second kappa shape index (κ2) is 17.5. The first-order chi connectivity index (χ1) is 14.6. The number of aliphatic carboxylic acids is 1. The number of alkyl carbamates (subject to hydrolysis) is 1. The predicted molar refractivity (Wildman–Crippen MR) is 124 cm³/mol. The van der Waals surface area contributed by atoms with Crippen molar-refractivity contribution >= 4 is 12.1 Å². The van der Waals surface area contributed by atoms with Crippen molar-refractivity contribution in [3.63, 3.8) is 0 Å². The Labute approximate surface area is 188 Å². The lowest BCUT2D eigenvalue weighted by Crippen LogP contribution is -2.42. The van der Waals surface area contributed by atoms with Gasteiger partial charge in [0.1, 0.15) is 5.60 Å². The lowest BCUT2D eigenvalue weighted by Gasteiger charge is -2.25. The number of carbonyl (C=O) groups excluding carboxylic acids is 1. The van der Waals surface area contributed by atoms with Gasteiger partial charge in [0.15, 0.2) is 0 Å². The molecule has 0 heterocycles. The molecule has 0 saturated heterocycles. The van der Waals surface area contributed by atoms with Crippen molar-refractivity contribution in [3.8, 4) is 0 Å². The van der Waals surface area contributed by atoms with Crippen LogP contribution in [0.5, 0.6) is 0 Å². The molecule has 0 spiro atoms. The van der Waals surface area contributed by atoms with Gasteiger partial charge in [0.05, 0.1) is 25.2 Å². The second-order valence-corrected chi connectivity index (χ2v) is 8.11. The van der Waals surface area contributed by atoms with Gasteiger partial charge in [-0.1, -0.05) is 58.0 Å². The largest absolute Gasteiger partial charge is 0.481 e. The molecule has 7 heteroatoms. The van der Waals surface area contributed by atoms with Gasteiger partial charge in [0, 0.05) is 7.11 Å². The number of amides is 1. The average Bonchev–Trinajstić information content (AvgIpc) is 2.70. The maximum atomic E-state index is 12.1. The van der Waals surface area contributed by atoms with E-state index in [0.717, 1.165) is 12.7 Å². The number of nitrogens with one attached hydrogen (secondary N) is 1. The molecule has 0 aromatic heterocycles. The minimum absolute atomic E-state index is 0.0231. The third-order valence-corrected chi connectivity index (χ3v) is 4.10. The van der Waals surface area contributed by atoms with Gasteiger partial charge >= 0.3 is 12.1 Å². The number of aliphatic hydroxyl groups is 1. The van der Waals surface area contributed by atoms with Gasteiger partial charge in [-0.2, -0.15) is 0 Å². The van der Waals surface area contributed by atoms with Crippen LogP contribution >= 0.6 is 0 Å². The van der Waals surface area contributed by atoms with E-state index < -0.39 is 23.6 Å². The number of rotatable bonds is 10. The molecule has 0 saturated carbocycles. The molecular weight excluding hydrogens is 398 g/mol. The first-order valence-corrected chi connectivity index (χ1v) is 10.9. The number of carbonyl (C=O) groups is 2. The molecule has 0 fully saturated rings. The summed E-state index contributed by atoms with van der Waals surface area (Å²) in [4.78, 5) is 23.5. The number of hydrogen-bond donors (Lipinski definition) is 3. The molecule has 0 aliphatic heterocycles. The summed E-state index contributed by atoms with van der Waals surface area (Å²) in [7, 11) is 1.00. The Balaban J connectivity index is 0. The van der Waals surface area contributed by atoms with E-state index in [1.165, 1.54) is 0 Å². The zero-order valence-corrected chi connectivity index (χ0v) is 20.5. The van der Waals surface area contributed by atoms with E-state index in [9.17, 15) is 14.7 Å². The smallest absolute Gasteiger partial charge is 0.407 e. The summed E-state index contributed by atoms with van der Waals surface area (Å²) in [5.41, 5.74) is 0.445. The van der Waals surface area contributed by atoms with E-state index in [2.05, 4.69) is 5.32 Å². The fourth-order valence-corrected chi connectivity index (χ4v) is 2.69. The number of benzene rings is 1. The summed E-state index contributed by atoms with van der Waals surface area (Å²) >= 11 is 0. The number of ether oxygens (including phenoxy) is 2. The van der Waals surface area contributed by atoms with Crippen molar-refractivity contribution in [2.75, 3.05) is 13.7 Å². The first kappa shape index (κ1) is 31.1. The minimum Gasteiger partial charge on any atom is -0.481 e. The van der Waals surface area contributed by atoms with Crippen molar-refractivity contribution in [3.05, 3.63) is 35.9 Å². The lowest BCUT2D eigenvalue weighted by molar-refractivity contribution is -0.143. The van der Waals surface area contributed by atoms with Gasteiger partial charge in [-0.05, 0) is 45.1 Å². The summed E-state index contributed by atoms with van der Waals surface area (Å²) in [5.74, 6) is -1.25. The normalized spacial score (nSPS) is 12.5. The Bertz CT molecular complexity index is 583. The third-order valence-electron chi connectivity index (χ3n) is 4.10. The van der Waals surface area contributed by atoms with Crippen molar-refractivity contribution in [1.82, 2.24) is 5.32 Å². The van der Waals surface area contributed by atoms with Crippen LogP contribution in [0.4, 0.5) is 4.79 Å². The summed E-state index contributed by atoms with van der Waals surface area (Å²) < 4.78 is 11.1. The highest BCUT2D eigenvalue weighted by atomic mass is 16.6. The van der Waals surface area contributed by atoms with Gasteiger partial charge in [-0.15, -0.1) is 0 Å². The molecule has 0 bridgehead atoms. The SMILES string of the molecule is CC.CC(C)[C@H](CCC(COCc1ccccc1)NC(=O)OC(C)(C)C)C(=O)O.CO. The third kappa shape index (κ3) is 16.3. The molecule has 3 N–H and O–H groups in total. The summed E-state index contributed by atoms with van der Waals surface area (Å²) in [6, 6.07) is 9.44. The molecule has 180 valence electrons. The van der Waals surface area contributed by atoms with Crippen LogP contribution in [0.15, 0.2) is 30.3 Å². The van der Waals surface area contributed by atoms with Crippen LogP contribution in [0.2, 0.25) is 0 Å². The lowest BCUT2D eigenvalue weighted by atomic mass is 9.90. The highest BCUT2D eigenvalue weighted by Gasteiger charge is 2.25. The molecule has 2 atom stereocenters. The maximum Gasteiger partial charge on any atom is 0.407 e. The Morgan fingerprint density at radius 3 is 2.03 bits per heavy atom. The maximum absolute atomic E-state index is 12.1. The number of aliphatic hydroxyl groups excluding tert-OH is 1. The van der Waals surface area contributed by atoms with E-state index >= 15 is 0 Å². The Hall–Kier alpha value is -2.12. The monoisotopic (exact) mass is 441 g/mol. The van der Waals surface area contributed by atoms with Crippen molar-refractivity contribution in [2.45, 2.75) is 79.6 Å². The minimum atomic E-state index is -0.814. The van der Waals surface area contributed by atoms with Crippen LogP contribution < -0.4 is 5.32 Å². The van der Waals surface area contributed by atoms with Crippen molar-refractivity contribution < 1.29 is 29.3 Å². The Morgan fingerprint density at radius 1 is 1.03 bits per heavy atom. The molecular formula is C24H43NO6. The molecule has 0 aliphatic carbocycles. The molecule has 0 aliphatic rings. The number of carboxylic acids is 1. The van der Waals surface area contributed by atoms with Crippen molar-refractivity contribution in [1.29, 1.82) is 0 Å². The van der Waals surface area contributed by atoms with E-state index in [1.807, 2.05) is 58.0 Å². The van der Waals surface area contributed by atoms with Crippen LogP contribution in [-0.4, -0.2) is 47.6 Å². The van der Waals surface area contributed by atoms with E-state index in [-0.39, 0.29) is 12.0 Å². The average molecular weight is 442 g/mol. The predicted octanol–water partition coefficient (Wildman–Crippen LogP) is 4.87. The van der Waals surface area contributed by atoms with Crippen molar-refractivity contribution in [2.24, 2.45) is 11.8 Å². The zero-order valence-electron chi connectivity index (χ0n) is 20.5. The molecule has 1 amide bonds. The molecule has 1 unspecified atom stereocenters. The van der Waals surface area contributed by atoms with Gasteiger partial charge < -0.3 is 25.0 Å².